The molecular weight excluding hydrogens is 256 g/mol. The average molecular weight is 276 g/mol. The van der Waals surface area contributed by atoms with E-state index < -0.39 is 0 Å². The van der Waals surface area contributed by atoms with Gasteiger partial charge in [0.05, 0.1) is 11.1 Å². The molecule has 4 heteroatoms. The summed E-state index contributed by atoms with van der Waals surface area (Å²) in [4.78, 5) is 4.86. The number of rotatable bonds is 3. The molecule has 1 saturated carbocycles. The van der Waals surface area contributed by atoms with E-state index >= 15 is 0 Å². The highest BCUT2D eigenvalue weighted by molar-refractivity contribution is 8.14. The maximum Gasteiger partial charge on any atom is 0.115 e. The maximum atomic E-state index is 9.50. The zero-order chi connectivity index (χ0) is 13.2. The second kappa shape index (κ2) is 5.55. The van der Waals surface area contributed by atoms with Crippen LogP contribution in [0.1, 0.15) is 24.8 Å². The first-order valence-corrected chi connectivity index (χ1v) is 7.84. The van der Waals surface area contributed by atoms with Crippen LogP contribution < -0.4 is 5.73 Å². The van der Waals surface area contributed by atoms with E-state index in [1.807, 2.05) is 30.0 Å². The van der Waals surface area contributed by atoms with Crippen LogP contribution in [0, 0.1) is 5.92 Å². The number of nitrogens with two attached hydrogens (primary N) is 1. The number of aromatic hydroxyl groups is 1. The number of aliphatic imine (C=N–C) groups is 1. The number of hydrogen-bond donors (Lipinski definition) is 2. The monoisotopic (exact) mass is 276 g/mol. The third-order valence-corrected chi connectivity index (χ3v) is 5.39. The molecule has 3 N–H and O–H groups in total. The molecule has 0 saturated heterocycles. The summed E-state index contributed by atoms with van der Waals surface area (Å²) in [6.07, 6.45) is 4.46. The van der Waals surface area contributed by atoms with Gasteiger partial charge >= 0.3 is 0 Å². The van der Waals surface area contributed by atoms with Crippen LogP contribution in [-0.2, 0) is 6.42 Å². The zero-order valence-corrected chi connectivity index (χ0v) is 11.8. The van der Waals surface area contributed by atoms with Crippen molar-refractivity contribution in [1.29, 1.82) is 0 Å². The van der Waals surface area contributed by atoms with Crippen molar-refractivity contribution in [3.63, 3.8) is 0 Å². The first-order chi connectivity index (χ1) is 9.24. The van der Waals surface area contributed by atoms with Gasteiger partial charge in [0, 0.05) is 11.7 Å². The number of phenols is 1. The van der Waals surface area contributed by atoms with Gasteiger partial charge in [-0.25, -0.2) is 0 Å². The Bertz CT molecular complexity index is 489. The van der Waals surface area contributed by atoms with Crippen molar-refractivity contribution in [3.05, 3.63) is 29.8 Å². The lowest BCUT2D eigenvalue weighted by Crippen LogP contribution is -2.31. The summed E-state index contributed by atoms with van der Waals surface area (Å²) in [6.45, 7) is 0.811. The molecule has 102 valence electrons. The van der Waals surface area contributed by atoms with E-state index in [9.17, 15) is 5.11 Å². The van der Waals surface area contributed by atoms with Crippen LogP contribution in [0.2, 0.25) is 0 Å². The molecule has 0 aromatic heterocycles. The van der Waals surface area contributed by atoms with Crippen molar-refractivity contribution in [2.24, 2.45) is 16.6 Å². The van der Waals surface area contributed by atoms with E-state index in [0.29, 0.717) is 23.0 Å². The van der Waals surface area contributed by atoms with E-state index in [1.165, 1.54) is 24.3 Å². The fourth-order valence-electron chi connectivity index (χ4n) is 3.00. The molecule has 1 aliphatic heterocycles. The summed E-state index contributed by atoms with van der Waals surface area (Å²) in [5, 5.41) is 11.4. The molecule has 1 aromatic rings. The molecule has 0 radical (unpaired) electrons. The van der Waals surface area contributed by atoms with Crippen LogP contribution in [-0.4, -0.2) is 28.0 Å². The minimum Gasteiger partial charge on any atom is -0.508 e. The molecule has 2 aliphatic rings. The van der Waals surface area contributed by atoms with Gasteiger partial charge in [0.1, 0.15) is 5.75 Å². The predicted molar refractivity (Wildman–Crippen MR) is 80.8 cm³/mol. The van der Waals surface area contributed by atoms with Gasteiger partial charge in [-0.2, -0.15) is 0 Å². The van der Waals surface area contributed by atoms with Crippen LogP contribution >= 0.6 is 11.8 Å². The van der Waals surface area contributed by atoms with E-state index in [4.69, 9.17) is 10.7 Å². The van der Waals surface area contributed by atoms with Gasteiger partial charge in [-0.1, -0.05) is 12.1 Å². The van der Waals surface area contributed by atoms with Gasteiger partial charge in [0.15, 0.2) is 0 Å². The fraction of sp³-hybridized carbons (Fsp3) is 0.533. The number of phenolic OH excluding ortho intramolecular Hbond substituents is 1. The fourth-order valence-corrected chi connectivity index (χ4v) is 4.52. The molecule has 0 amide bonds. The van der Waals surface area contributed by atoms with Crippen molar-refractivity contribution in [1.82, 2.24) is 0 Å². The van der Waals surface area contributed by atoms with E-state index in [0.717, 1.165) is 18.5 Å². The van der Waals surface area contributed by atoms with Gasteiger partial charge in [0.25, 0.3) is 0 Å². The lowest BCUT2D eigenvalue weighted by molar-refractivity contribution is 0.347. The van der Waals surface area contributed by atoms with Gasteiger partial charge in [-0.15, -0.1) is 11.8 Å². The summed E-state index contributed by atoms with van der Waals surface area (Å²) in [5.74, 6) is 1.02. The molecule has 3 unspecified atom stereocenters. The quantitative estimate of drug-likeness (QED) is 0.892. The van der Waals surface area contributed by atoms with Crippen molar-refractivity contribution in [2.75, 3.05) is 6.54 Å². The SMILES string of the molecule is NCC1CCC2N=C(Cc3cccc(O)c3)SC2C1. The first kappa shape index (κ1) is 13.0. The highest BCUT2D eigenvalue weighted by Gasteiger charge is 2.35. The van der Waals surface area contributed by atoms with E-state index in [-0.39, 0.29) is 0 Å². The predicted octanol–water partition coefficient (Wildman–Crippen LogP) is 2.58. The van der Waals surface area contributed by atoms with Gasteiger partial charge in [-0.3, -0.25) is 4.99 Å². The van der Waals surface area contributed by atoms with Crippen LogP contribution in [0.25, 0.3) is 0 Å². The highest BCUT2D eigenvalue weighted by atomic mass is 32.2. The first-order valence-electron chi connectivity index (χ1n) is 6.96. The molecule has 1 heterocycles. The van der Waals surface area contributed by atoms with Crippen LogP contribution in [0.15, 0.2) is 29.3 Å². The molecule has 3 nitrogen and oxygen atoms in total. The summed E-state index contributed by atoms with van der Waals surface area (Å²) in [7, 11) is 0. The molecule has 19 heavy (non-hydrogen) atoms. The molecule has 1 fully saturated rings. The molecule has 0 spiro atoms. The number of fused-ring (bicyclic) bond motifs is 1. The Balaban J connectivity index is 1.65. The lowest BCUT2D eigenvalue weighted by atomic mass is 9.86. The van der Waals surface area contributed by atoms with Gasteiger partial charge in [0.2, 0.25) is 0 Å². The summed E-state index contributed by atoms with van der Waals surface area (Å²) >= 11 is 1.93. The zero-order valence-electron chi connectivity index (χ0n) is 11.0. The molecule has 0 bridgehead atoms. The largest absolute Gasteiger partial charge is 0.508 e. The summed E-state index contributed by atoms with van der Waals surface area (Å²) in [5.41, 5.74) is 6.93. The number of hydrogen-bond acceptors (Lipinski definition) is 4. The second-order valence-corrected chi connectivity index (χ2v) is 6.82. The topological polar surface area (TPSA) is 58.6 Å². The standard InChI is InChI=1S/C15H20N2OS/c16-9-11-4-5-13-14(7-11)19-15(17-13)8-10-2-1-3-12(18)6-10/h1-3,6,11,13-14,18H,4-5,7-9,16H2. The smallest absolute Gasteiger partial charge is 0.115 e. The molecule has 1 aliphatic carbocycles. The minimum absolute atomic E-state index is 0.335. The minimum atomic E-state index is 0.335. The number of nitrogens with zero attached hydrogens (tertiary/aromatic N) is 1. The van der Waals surface area contributed by atoms with Crippen molar-refractivity contribution in [2.45, 2.75) is 37.0 Å². The third-order valence-electron chi connectivity index (χ3n) is 4.06. The normalized spacial score (nSPS) is 29.9. The van der Waals surface area contributed by atoms with Crippen LogP contribution in [0.3, 0.4) is 0 Å². The summed E-state index contributed by atoms with van der Waals surface area (Å²) < 4.78 is 0. The van der Waals surface area contributed by atoms with E-state index in [1.54, 1.807) is 6.07 Å². The van der Waals surface area contributed by atoms with Gasteiger partial charge < -0.3 is 10.8 Å². The number of benzene rings is 1. The third kappa shape index (κ3) is 2.95. The van der Waals surface area contributed by atoms with Crippen molar-refractivity contribution < 1.29 is 5.11 Å². The molecule has 1 aromatic carbocycles. The number of thioether (sulfide) groups is 1. The Labute approximate surface area is 118 Å². The molecule has 3 atom stereocenters. The Kier molecular flexibility index (Phi) is 3.80. The highest BCUT2D eigenvalue weighted by Crippen LogP contribution is 2.40. The molecular formula is C15H20N2OS. The van der Waals surface area contributed by atoms with Crippen molar-refractivity contribution in [3.8, 4) is 5.75 Å². The van der Waals surface area contributed by atoms with E-state index in [2.05, 4.69) is 0 Å². The average Bonchev–Trinajstić information content (AvgIpc) is 2.79. The Hall–Kier alpha value is -1.00. The lowest BCUT2D eigenvalue weighted by Gasteiger charge is -2.28. The van der Waals surface area contributed by atoms with Crippen LogP contribution in [0.5, 0.6) is 5.75 Å². The van der Waals surface area contributed by atoms with Crippen molar-refractivity contribution >= 4 is 16.8 Å². The maximum absolute atomic E-state index is 9.50. The second-order valence-electron chi connectivity index (χ2n) is 5.51. The molecule has 3 rings (SSSR count). The Morgan fingerprint density at radius 2 is 2.26 bits per heavy atom. The Morgan fingerprint density at radius 1 is 1.37 bits per heavy atom. The summed E-state index contributed by atoms with van der Waals surface area (Å²) in [6, 6.07) is 7.97. The Morgan fingerprint density at radius 3 is 3.05 bits per heavy atom. The van der Waals surface area contributed by atoms with Crippen LogP contribution in [0.4, 0.5) is 0 Å². The van der Waals surface area contributed by atoms with Gasteiger partial charge in [-0.05, 0) is 49.4 Å².